The number of amides is 2. The molecule has 4 rings (SSSR count). The van der Waals surface area contributed by atoms with E-state index in [9.17, 15) is 9.59 Å². The van der Waals surface area contributed by atoms with Crippen LogP contribution >= 0.6 is 0 Å². The largest absolute Gasteiger partial charge is 0.332 e. The number of aromatic amines is 1. The molecule has 0 unspecified atom stereocenters. The number of nitrogens with one attached hydrogen (secondary N) is 1. The lowest BCUT2D eigenvalue weighted by Gasteiger charge is -2.28. The molecular formula is C16H17N5O2. The number of rotatable bonds is 1. The normalized spacial score (nSPS) is 17.0. The lowest BCUT2D eigenvalue weighted by molar-refractivity contribution is -0.118. The summed E-state index contributed by atoms with van der Waals surface area (Å²) in [5.41, 5.74) is 4.40. The molecule has 0 bridgehead atoms. The average Bonchev–Trinajstić information content (AvgIpc) is 3.05. The minimum atomic E-state index is 0.000929. The summed E-state index contributed by atoms with van der Waals surface area (Å²) in [6, 6.07) is 5.58. The molecule has 7 nitrogen and oxygen atoms in total. The second kappa shape index (κ2) is 5.19. The van der Waals surface area contributed by atoms with Gasteiger partial charge in [0, 0.05) is 37.7 Å². The molecular weight excluding hydrogens is 294 g/mol. The number of hydrogen-bond donors (Lipinski definition) is 1. The number of carbonyl (C=O) groups is 2. The van der Waals surface area contributed by atoms with E-state index < -0.39 is 0 Å². The number of anilines is 1. The van der Waals surface area contributed by atoms with Gasteiger partial charge in [-0.2, -0.15) is 15.4 Å². The molecule has 2 aliphatic heterocycles. The van der Waals surface area contributed by atoms with Crippen molar-refractivity contribution in [2.24, 2.45) is 0 Å². The zero-order valence-electron chi connectivity index (χ0n) is 12.9. The van der Waals surface area contributed by atoms with Gasteiger partial charge < -0.3 is 9.80 Å². The highest BCUT2D eigenvalue weighted by molar-refractivity contribution is 5.99. The number of H-pyrrole nitrogens is 1. The molecule has 23 heavy (non-hydrogen) atoms. The van der Waals surface area contributed by atoms with Crippen LogP contribution in [0.2, 0.25) is 0 Å². The molecule has 0 saturated heterocycles. The fourth-order valence-electron chi connectivity index (χ4n) is 3.25. The molecule has 0 saturated carbocycles. The maximum Gasteiger partial charge on any atom is 0.254 e. The summed E-state index contributed by atoms with van der Waals surface area (Å²) in [5.74, 6) is 0.118. The summed E-state index contributed by atoms with van der Waals surface area (Å²) in [6.45, 7) is 1.13. The lowest BCUT2D eigenvalue weighted by Crippen LogP contribution is -2.36. The Hall–Kier alpha value is -2.70. The third kappa shape index (κ3) is 2.28. The van der Waals surface area contributed by atoms with E-state index in [1.54, 1.807) is 22.9 Å². The van der Waals surface area contributed by atoms with E-state index in [0.717, 1.165) is 29.1 Å². The first-order chi connectivity index (χ1) is 11.1. The molecule has 2 amide bonds. The Labute approximate surface area is 133 Å². The van der Waals surface area contributed by atoms with E-state index in [1.807, 2.05) is 12.1 Å². The lowest BCUT2D eigenvalue weighted by atomic mass is 9.98. The van der Waals surface area contributed by atoms with Crippen LogP contribution in [-0.2, 0) is 24.2 Å². The molecule has 0 spiro atoms. The van der Waals surface area contributed by atoms with E-state index in [0.29, 0.717) is 31.5 Å². The molecule has 7 heteroatoms. The van der Waals surface area contributed by atoms with Crippen LogP contribution < -0.4 is 4.90 Å². The van der Waals surface area contributed by atoms with Crippen molar-refractivity contribution in [1.82, 2.24) is 20.3 Å². The number of nitrogens with zero attached hydrogens (tertiary/aromatic N) is 4. The number of carbonyl (C=O) groups excluding carboxylic acids is 2. The Morgan fingerprint density at radius 2 is 2.00 bits per heavy atom. The summed E-state index contributed by atoms with van der Waals surface area (Å²) < 4.78 is 0. The minimum absolute atomic E-state index is 0.000929. The Morgan fingerprint density at radius 1 is 1.17 bits per heavy atom. The third-order valence-corrected chi connectivity index (χ3v) is 4.62. The summed E-state index contributed by atoms with van der Waals surface area (Å²) in [6.07, 6.45) is 1.90. The van der Waals surface area contributed by atoms with Gasteiger partial charge in [0.1, 0.15) is 5.69 Å². The van der Waals surface area contributed by atoms with Crippen LogP contribution in [0.15, 0.2) is 18.2 Å². The molecule has 0 fully saturated rings. The van der Waals surface area contributed by atoms with Crippen LogP contribution in [0.1, 0.15) is 33.7 Å². The smallest absolute Gasteiger partial charge is 0.254 e. The van der Waals surface area contributed by atoms with Crippen molar-refractivity contribution < 1.29 is 9.59 Å². The first-order valence-corrected chi connectivity index (χ1v) is 7.71. The number of fused-ring (bicyclic) bond motifs is 2. The van der Waals surface area contributed by atoms with Crippen LogP contribution in [0, 0.1) is 0 Å². The van der Waals surface area contributed by atoms with Gasteiger partial charge in [-0.15, -0.1) is 0 Å². The van der Waals surface area contributed by atoms with Gasteiger partial charge in [0.05, 0.1) is 12.2 Å². The highest BCUT2D eigenvalue weighted by atomic mass is 16.2. The van der Waals surface area contributed by atoms with Crippen molar-refractivity contribution in [2.75, 3.05) is 18.5 Å². The van der Waals surface area contributed by atoms with Crippen molar-refractivity contribution in [3.63, 3.8) is 0 Å². The van der Waals surface area contributed by atoms with Gasteiger partial charge >= 0.3 is 0 Å². The van der Waals surface area contributed by atoms with Gasteiger partial charge in [0.15, 0.2) is 0 Å². The second-order valence-corrected chi connectivity index (χ2v) is 5.99. The first kappa shape index (κ1) is 13.9. The maximum atomic E-state index is 12.8. The van der Waals surface area contributed by atoms with Crippen molar-refractivity contribution in [1.29, 1.82) is 0 Å². The summed E-state index contributed by atoms with van der Waals surface area (Å²) >= 11 is 0. The molecule has 1 aromatic carbocycles. The third-order valence-electron chi connectivity index (χ3n) is 4.62. The minimum Gasteiger partial charge on any atom is -0.332 e. The monoisotopic (exact) mass is 311 g/mol. The SMILES string of the molecule is CN1C(=O)CCc2cc(C(=O)N3CCc4n[nH]nc4C3)ccc21. The van der Waals surface area contributed by atoms with Gasteiger partial charge in [-0.3, -0.25) is 9.59 Å². The Balaban J connectivity index is 1.59. The molecule has 1 aromatic heterocycles. The zero-order chi connectivity index (χ0) is 16.0. The van der Waals surface area contributed by atoms with E-state index >= 15 is 0 Å². The number of aromatic nitrogens is 3. The molecule has 2 aliphatic rings. The summed E-state index contributed by atoms with van der Waals surface area (Å²) in [4.78, 5) is 28.0. The van der Waals surface area contributed by atoms with Gasteiger partial charge in [0.25, 0.3) is 5.91 Å². The van der Waals surface area contributed by atoms with Crippen LogP contribution in [0.5, 0.6) is 0 Å². The van der Waals surface area contributed by atoms with E-state index in [-0.39, 0.29) is 11.8 Å². The molecule has 0 radical (unpaired) electrons. The predicted octanol–water partition coefficient (Wildman–Crippen LogP) is 0.912. The standard InChI is InChI=1S/C16H17N5O2/c1-20-14-4-2-11(8-10(14)3-5-15(20)22)16(23)21-7-6-12-13(9-21)18-19-17-12/h2,4,8H,3,5-7,9H2,1H3,(H,17,18,19). The topological polar surface area (TPSA) is 82.2 Å². The molecule has 0 atom stereocenters. The summed E-state index contributed by atoms with van der Waals surface area (Å²) in [5, 5.41) is 10.8. The van der Waals surface area contributed by atoms with Crippen LogP contribution in [0.25, 0.3) is 0 Å². The van der Waals surface area contributed by atoms with E-state index in [2.05, 4.69) is 15.4 Å². The summed E-state index contributed by atoms with van der Waals surface area (Å²) in [7, 11) is 1.78. The highest BCUT2D eigenvalue weighted by Crippen LogP contribution is 2.28. The highest BCUT2D eigenvalue weighted by Gasteiger charge is 2.26. The number of hydrogen-bond acceptors (Lipinski definition) is 4. The number of aryl methyl sites for hydroxylation is 1. The van der Waals surface area contributed by atoms with Gasteiger partial charge in [-0.1, -0.05) is 0 Å². The van der Waals surface area contributed by atoms with E-state index in [1.165, 1.54) is 0 Å². The van der Waals surface area contributed by atoms with Gasteiger partial charge in [-0.05, 0) is 30.2 Å². The fourth-order valence-corrected chi connectivity index (χ4v) is 3.25. The Kier molecular flexibility index (Phi) is 3.14. The van der Waals surface area contributed by atoms with Gasteiger partial charge in [0.2, 0.25) is 5.91 Å². The quantitative estimate of drug-likeness (QED) is 0.849. The molecule has 118 valence electrons. The van der Waals surface area contributed by atoms with Crippen molar-refractivity contribution in [3.8, 4) is 0 Å². The molecule has 2 aromatic rings. The van der Waals surface area contributed by atoms with Crippen molar-refractivity contribution in [2.45, 2.75) is 25.8 Å². The second-order valence-electron chi connectivity index (χ2n) is 5.99. The van der Waals surface area contributed by atoms with Crippen molar-refractivity contribution >= 4 is 17.5 Å². The maximum absolute atomic E-state index is 12.8. The van der Waals surface area contributed by atoms with Crippen LogP contribution in [-0.4, -0.2) is 45.7 Å². The molecule has 1 N–H and O–H groups in total. The Bertz CT molecular complexity index is 798. The van der Waals surface area contributed by atoms with Crippen LogP contribution in [0.3, 0.4) is 0 Å². The predicted molar refractivity (Wildman–Crippen MR) is 83.0 cm³/mol. The molecule has 0 aliphatic carbocycles. The number of benzene rings is 1. The van der Waals surface area contributed by atoms with Crippen LogP contribution in [0.4, 0.5) is 5.69 Å². The Morgan fingerprint density at radius 3 is 2.87 bits per heavy atom. The fraction of sp³-hybridized carbons (Fsp3) is 0.375. The zero-order valence-corrected chi connectivity index (χ0v) is 12.9. The average molecular weight is 311 g/mol. The molecule has 3 heterocycles. The van der Waals surface area contributed by atoms with Gasteiger partial charge in [-0.25, -0.2) is 0 Å². The van der Waals surface area contributed by atoms with Crippen molar-refractivity contribution in [3.05, 3.63) is 40.7 Å². The first-order valence-electron chi connectivity index (χ1n) is 7.71. The van der Waals surface area contributed by atoms with E-state index in [4.69, 9.17) is 0 Å².